The van der Waals surface area contributed by atoms with Crippen molar-refractivity contribution < 1.29 is 24.1 Å². The lowest BCUT2D eigenvalue weighted by molar-refractivity contribution is -0.142. The molecule has 0 saturated heterocycles. The number of ether oxygens (including phenoxy) is 3. The number of hydrogen-bond donors (Lipinski definition) is 1. The zero-order chi connectivity index (χ0) is 20.9. The van der Waals surface area contributed by atoms with Crippen molar-refractivity contribution in [2.75, 3.05) is 21.3 Å². The maximum absolute atomic E-state index is 13.0. The summed E-state index contributed by atoms with van der Waals surface area (Å²) in [7, 11) is 4.65. The zero-order valence-corrected chi connectivity index (χ0v) is 16.7. The normalized spacial score (nSPS) is 11.0. The van der Waals surface area contributed by atoms with E-state index in [4.69, 9.17) is 14.2 Å². The maximum Gasteiger partial charge on any atom is 0.319 e. The molecule has 0 aromatic heterocycles. The lowest BCUT2D eigenvalue weighted by atomic mass is 9.69. The van der Waals surface area contributed by atoms with Crippen LogP contribution in [0.5, 0.6) is 17.2 Å². The quantitative estimate of drug-likeness (QED) is 0.618. The molecule has 0 radical (unpaired) electrons. The van der Waals surface area contributed by atoms with Crippen LogP contribution in [0.4, 0.5) is 0 Å². The second kappa shape index (κ2) is 8.69. The van der Waals surface area contributed by atoms with Gasteiger partial charge >= 0.3 is 5.97 Å². The van der Waals surface area contributed by atoms with Gasteiger partial charge in [-0.2, -0.15) is 0 Å². The van der Waals surface area contributed by atoms with E-state index in [0.29, 0.717) is 28.4 Å². The first-order valence-corrected chi connectivity index (χ1v) is 9.20. The molecule has 0 atom stereocenters. The van der Waals surface area contributed by atoms with E-state index in [1.54, 1.807) is 31.4 Å². The third-order valence-electron chi connectivity index (χ3n) is 5.15. The number of methoxy groups -OCH3 is 3. The highest BCUT2D eigenvalue weighted by atomic mass is 16.5. The first-order valence-electron chi connectivity index (χ1n) is 9.20. The van der Waals surface area contributed by atoms with E-state index in [0.717, 1.165) is 5.56 Å². The summed E-state index contributed by atoms with van der Waals surface area (Å²) in [4.78, 5) is 13.0. The number of hydrogen-bond acceptors (Lipinski definition) is 4. The monoisotopic (exact) mass is 392 g/mol. The molecule has 0 aliphatic heterocycles. The second-order valence-electron chi connectivity index (χ2n) is 6.60. The van der Waals surface area contributed by atoms with Gasteiger partial charge in [-0.3, -0.25) is 4.79 Å². The summed E-state index contributed by atoms with van der Waals surface area (Å²) in [6, 6.07) is 21.8. The molecular weight excluding hydrogens is 368 g/mol. The van der Waals surface area contributed by atoms with Crippen LogP contribution >= 0.6 is 0 Å². The average molecular weight is 392 g/mol. The summed E-state index contributed by atoms with van der Waals surface area (Å²) < 4.78 is 16.6. The Hall–Kier alpha value is -3.47. The Labute approximate surface area is 170 Å². The van der Waals surface area contributed by atoms with E-state index in [2.05, 4.69) is 0 Å². The largest absolute Gasteiger partial charge is 0.496 e. The minimum atomic E-state index is -1.45. The van der Waals surface area contributed by atoms with Crippen molar-refractivity contribution in [2.45, 2.75) is 11.8 Å². The fourth-order valence-electron chi connectivity index (χ4n) is 3.77. The van der Waals surface area contributed by atoms with E-state index in [1.165, 1.54) is 14.2 Å². The number of benzene rings is 3. The van der Waals surface area contributed by atoms with Crippen molar-refractivity contribution in [1.29, 1.82) is 0 Å². The SMILES string of the molecule is COc1ccccc1CC(C(=O)O)(c1ccccc1OC)c1ccccc1OC. The number of para-hydroxylation sites is 3. The summed E-state index contributed by atoms with van der Waals surface area (Å²) in [5, 5.41) is 10.6. The molecule has 3 aromatic rings. The van der Waals surface area contributed by atoms with Crippen molar-refractivity contribution in [2.24, 2.45) is 0 Å². The first kappa shape index (κ1) is 20.3. The molecule has 0 unspecified atom stereocenters. The van der Waals surface area contributed by atoms with Crippen LogP contribution in [0.15, 0.2) is 72.8 Å². The highest BCUT2D eigenvalue weighted by Gasteiger charge is 2.46. The fourth-order valence-corrected chi connectivity index (χ4v) is 3.77. The van der Waals surface area contributed by atoms with Gasteiger partial charge in [0.05, 0.1) is 21.3 Å². The van der Waals surface area contributed by atoms with E-state index < -0.39 is 11.4 Å². The molecule has 0 amide bonds. The molecule has 29 heavy (non-hydrogen) atoms. The number of carbonyl (C=O) groups is 1. The third-order valence-corrected chi connectivity index (χ3v) is 5.15. The Morgan fingerprint density at radius 2 is 1.14 bits per heavy atom. The minimum Gasteiger partial charge on any atom is -0.496 e. The van der Waals surface area contributed by atoms with Crippen molar-refractivity contribution in [3.63, 3.8) is 0 Å². The third kappa shape index (κ3) is 3.63. The Bertz CT molecular complexity index is 948. The highest BCUT2D eigenvalue weighted by Crippen LogP contribution is 2.45. The summed E-state index contributed by atoms with van der Waals surface area (Å²) in [6.45, 7) is 0. The van der Waals surface area contributed by atoms with Crippen LogP contribution in [0.1, 0.15) is 16.7 Å². The Morgan fingerprint density at radius 3 is 1.59 bits per heavy atom. The van der Waals surface area contributed by atoms with Crippen molar-refractivity contribution in [3.8, 4) is 17.2 Å². The molecule has 150 valence electrons. The van der Waals surface area contributed by atoms with Crippen LogP contribution in [-0.2, 0) is 16.6 Å². The maximum atomic E-state index is 13.0. The Kier molecular flexibility index (Phi) is 6.07. The van der Waals surface area contributed by atoms with Crippen LogP contribution in [-0.4, -0.2) is 32.4 Å². The molecular formula is C24H24O5. The van der Waals surface area contributed by atoms with Crippen molar-refractivity contribution in [1.82, 2.24) is 0 Å². The first-order chi connectivity index (χ1) is 14.1. The van der Waals surface area contributed by atoms with Gasteiger partial charge in [-0.1, -0.05) is 54.6 Å². The molecule has 0 saturated carbocycles. The summed E-state index contributed by atoms with van der Waals surface area (Å²) >= 11 is 0. The van der Waals surface area contributed by atoms with Crippen LogP contribution in [0.3, 0.4) is 0 Å². The molecule has 5 heteroatoms. The molecule has 0 bridgehead atoms. The van der Waals surface area contributed by atoms with E-state index in [1.807, 2.05) is 48.5 Å². The molecule has 0 aliphatic carbocycles. The average Bonchev–Trinajstić information content (AvgIpc) is 2.77. The Morgan fingerprint density at radius 1 is 0.724 bits per heavy atom. The van der Waals surface area contributed by atoms with Gasteiger partial charge in [0.25, 0.3) is 0 Å². The number of rotatable bonds is 8. The van der Waals surface area contributed by atoms with E-state index in [-0.39, 0.29) is 6.42 Å². The molecule has 5 nitrogen and oxygen atoms in total. The Balaban J connectivity index is 2.37. The van der Waals surface area contributed by atoms with Gasteiger partial charge in [-0.15, -0.1) is 0 Å². The molecule has 0 aliphatic rings. The molecule has 0 fully saturated rings. The summed E-state index contributed by atoms with van der Waals surface area (Å²) in [5.41, 5.74) is 0.415. The molecule has 0 heterocycles. The molecule has 3 aromatic carbocycles. The number of carboxylic acid groups (broad SMARTS) is 1. The predicted molar refractivity (Wildman–Crippen MR) is 111 cm³/mol. The lowest BCUT2D eigenvalue weighted by Crippen LogP contribution is -2.40. The smallest absolute Gasteiger partial charge is 0.319 e. The van der Waals surface area contributed by atoms with Crippen LogP contribution in [0.2, 0.25) is 0 Å². The topological polar surface area (TPSA) is 65.0 Å². The highest BCUT2D eigenvalue weighted by molar-refractivity contribution is 5.89. The zero-order valence-electron chi connectivity index (χ0n) is 16.7. The summed E-state index contributed by atoms with van der Waals surface area (Å²) in [6.07, 6.45) is 0.160. The molecule has 3 rings (SSSR count). The molecule has 1 N–H and O–H groups in total. The number of carboxylic acids is 1. The van der Waals surface area contributed by atoms with Gasteiger partial charge in [0.2, 0.25) is 0 Å². The van der Waals surface area contributed by atoms with Crippen LogP contribution in [0, 0.1) is 0 Å². The van der Waals surface area contributed by atoms with Gasteiger partial charge in [-0.05, 0) is 23.8 Å². The van der Waals surface area contributed by atoms with Gasteiger partial charge in [0.1, 0.15) is 22.7 Å². The van der Waals surface area contributed by atoms with Gasteiger partial charge in [0.15, 0.2) is 0 Å². The lowest BCUT2D eigenvalue weighted by Gasteiger charge is -2.33. The van der Waals surface area contributed by atoms with Gasteiger partial charge < -0.3 is 19.3 Å². The predicted octanol–water partition coefficient (Wildman–Crippen LogP) is 4.33. The minimum absolute atomic E-state index is 0.160. The number of aliphatic carboxylic acids is 1. The molecule has 0 spiro atoms. The van der Waals surface area contributed by atoms with Gasteiger partial charge in [0, 0.05) is 17.5 Å². The van der Waals surface area contributed by atoms with E-state index in [9.17, 15) is 9.90 Å². The van der Waals surface area contributed by atoms with Crippen LogP contribution in [0.25, 0.3) is 0 Å². The fraction of sp³-hybridized carbons (Fsp3) is 0.208. The van der Waals surface area contributed by atoms with Crippen LogP contribution < -0.4 is 14.2 Å². The standard InChI is InChI=1S/C24H24O5/c1-27-20-13-7-4-10-17(20)16-24(23(25)26,18-11-5-8-14-21(18)28-2)19-12-6-9-15-22(19)29-3/h4-15H,16H2,1-3H3,(H,25,26). The van der Waals surface area contributed by atoms with Crippen molar-refractivity contribution >= 4 is 5.97 Å². The second-order valence-corrected chi connectivity index (χ2v) is 6.60. The van der Waals surface area contributed by atoms with Gasteiger partial charge in [-0.25, -0.2) is 0 Å². The summed E-state index contributed by atoms with van der Waals surface area (Å²) in [5.74, 6) is 0.617. The van der Waals surface area contributed by atoms with E-state index >= 15 is 0 Å². The van der Waals surface area contributed by atoms with Crippen molar-refractivity contribution in [3.05, 3.63) is 89.5 Å².